The van der Waals surface area contributed by atoms with Crippen molar-refractivity contribution < 1.29 is 14.7 Å². The number of carboxylic acid groups (broad SMARTS) is 1. The molecule has 0 saturated carbocycles. The first-order valence-corrected chi connectivity index (χ1v) is 4.96. The van der Waals surface area contributed by atoms with Crippen molar-refractivity contribution in [3.63, 3.8) is 0 Å². The second-order valence-corrected chi connectivity index (χ2v) is 3.61. The van der Waals surface area contributed by atoms with Gasteiger partial charge < -0.3 is 5.11 Å². The highest BCUT2D eigenvalue weighted by Gasteiger charge is 2.36. The number of rotatable bonds is 3. The molecular weight excluding hydrogens is 224 g/mol. The van der Waals surface area contributed by atoms with Gasteiger partial charge in [0, 0.05) is 18.0 Å². The number of hydrogen-bond donors (Lipinski definition) is 1. The molecule has 17 heavy (non-hydrogen) atoms. The molecule has 0 saturated heterocycles. The van der Waals surface area contributed by atoms with Crippen molar-refractivity contribution in [2.24, 2.45) is 11.0 Å². The molecule has 1 aromatic heterocycles. The van der Waals surface area contributed by atoms with Crippen molar-refractivity contribution >= 4 is 23.4 Å². The van der Waals surface area contributed by atoms with Crippen LogP contribution in [0.1, 0.15) is 13.3 Å². The molecule has 0 aromatic carbocycles. The summed E-state index contributed by atoms with van der Waals surface area (Å²) in [6, 6.07) is 1.54. The van der Waals surface area contributed by atoms with Gasteiger partial charge in [0.1, 0.15) is 6.33 Å². The van der Waals surface area contributed by atoms with E-state index >= 15 is 0 Å². The molecule has 1 N–H and O–H groups in total. The lowest BCUT2D eigenvalue weighted by atomic mass is 10.0. The van der Waals surface area contributed by atoms with Crippen molar-refractivity contribution in [1.29, 1.82) is 0 Å². The molecular formula is C10H10N4O3. The Kier molecular flexibility index (Phi) is 2.82. The van der Waals surface area contributed by atoms with Gasteiger partial charge in [0.15, 0.2) is 5.82 Å². The van der Waals surface area contributed by atoms with E-state index in [2.05, 4.69) is 15.1 Å². The third-order valence-corrected chi connectivity index (χ3v) is 2.43. The zero-order valence-electron chi connectivity index (χ0n) is 9.07. The first-order chi connectivity index (χ1) is 8.09. The smallest absolute Gasteiger partial charge is 0.304 e. The minimum absolute atomic E-state index is 0.254. The van der Waals surface area contributed by atoms with Crippen LogP contribution in [0.5, 0.6) is 0 Å². The lowest BCUT2D eigenvalue weighted by Gasteiger charge is -2.11. The van der Waals surface area contributed by atoms with Gasteiger partial charge in [-0.15, -0.1) is 0 Å². The molecule has 2 rings (SSSR count). The van der Waals surface area contributed by atoms with Gasteiger partial charge in [-0.1, -0.05) is 0 Å². The van der Waals surface area contributed by atoms with Gasteiger partial charge in [-0.25, -0.2) is 9.97 Å². The van der Waals surface area contributed by atoms with Gasteiger partial charge in [0.05, 0.1) is 12.3 Å². The Morgan fingerprint density at radius 2 is 2.35 bits per heavy atom. The Morgan fingerprint density at radius 1 is 1.59 bits per heavy atom. The number of nitrogens with zero attached hydrogens (tertiary/aromatic N) is 4. The third kappa shape index (κ3) is 2.12. The first-order valence-electron chi connectivity index (χ1n) is 4.96. The lowest BCUT2D eigenvalue weighted by molar-refractivity contribution is -0.139. The summed E-state index contributed by atoms with van der Waals surface area (Å²) >= 11 is 0. The molecule has 7 heteroatoms. The molecule has 1 aromatic rings. The van der Waals surface area contributed by atoms with Crippen LogP contribution in [0.3, 0.4) is 0 Å². The largest absolute Gasteiger partial charge is 0.481 e. The second kappa shape index (κ2) is 4.28. The van der Waals surface area contributed by atoms with E-state index in [1.807, 2.05) is 0 Å². The van der Waals surface area contributed by atoms with Crippen LogP contribution in [-0.2, 0) is 9.59 Å². The van der Waals surface area contributed by atoms with Crippen molar-refractivity contribution in [3.8, 4) is 0 Å². The zero-order valence-corrected chi connectivity index (χ0v) is 9.07. The first kappa shape index (κ1) is 11.2. The summed E-state index contributed by atoms with van der Waals surface area (Å²) in [4.78, 5) is 30.2. The number of aromatic nitrogens is 2. The minimum atomic E-state index is -1.03. The van der Waals surface area contributed by atoms with Crippen molar-refractivity contribution in [2.75, 3.05) is 5.01 Å². The molecule has 1 atom stereocenters. The molecule has 1 aliphatic heterocycles. The molecule has 7 nitrogen and oxygen atoms in total. The molecule has 2 heterocycles. The summed E-state index contributed by atoms with van der Waals surface area (Å²) in [6.07, 6.45) is 2.54. The maximum atomic E-state index is 11.9. The van der Waals surface area contributed by atoms with Crippen LogP contribution in [0.2, 0.25) is 0 Å². The summed E-state index contributed by atoms with van der Waals surface area (Å²) in [5.74, 6) is -1.76. The molecule has 88 valence electrons. The molecule has 0 fully saturated rings. The number of hydrogen-bond acceptors (Lipinski definition) is 5. The average Bonchev–Trinajstić information content (AvgIpc) is 2.58. The maximum Gasteiger partial charge on any atom is 0.304 e. The van der Waals surface area contributed by atoms with Crippen LogP contribution in [0, 0.1) is 5.92 Å². The Morgan fingerprint density at radius 3 is 2.94 bits per heavy atom. The Bertz CT molecular complexity index is 486. The molecule has 1 amide bonds. The van der Waals surface area contributed by atoms with E-state index in [4.69, 9.17) is 5.11 Å². The molecule has 0 bridgehead atoms. The van der Waals surface area contributed by atoms with Crippen molar-refractivity contribution in [2.45, 2.75) is 13.3 Å². The van der Waals surface area contributed by atoms with Gasteiger partial charge in [0.25, 0.3) is 5.91 Å². The predicted molar refractivity (Wildman–Crippen MR) is 58.4 cm³/mol. The van der Waals surface area contributed by atoms with Crippen LogP contribution < -0.4 is 5.01 Å². The fourth-order valence-corrected chi connectivity index (χ4v) is 1.59. The van der Waals surface area contributed by atoms with Gasteiger partial charge in [-0.2, -0.15) is 10.1 Å². The van der Waals surface area contributed by atoms with Gasteiger partial charge in [-0.05, 0) is 6.92 Å². The molecule has 1 aliphatic rings. The highest BCUT2D eigenvalue weighted by molar-refractivity contribution is 6.15. The van der Waals surface area contributed by atoms with Crippen molar-refractivity contribution in [1.82, 2.24) is 9.97 Å². The van der Waals surface area contributed by atoms with E-state index in [0.29, 0.717) is 11.5 Å². The standard InChI is InChI=1S/C10H10N4O3/c1-6-7(4-9(15)16)10(17)14(13-6)8-2-3-11-5-12-8/h2-3,5,7H,4H2,1H3,(H,15,16). The monoisotopic (exact) mass is 234 g/mol. The van der Waals surface area contributed by atoms with E-state index in [9.17, 15) is 9.59 Å². The molecule has 0 aliphatic carbocycles. The van der Waals surface area contributed by atoms with E-state index in [1.54, 1.807) is 6.92 Å². The normalized spacial score (nSPS) is 19.4. The van der Waals surface area contributed by atoms with Crippen LogP contribution in [-0.4, -0.2) is 32.7 Å². The van der Waals surface area contributed by atoms with E-state index in [1.165, 1.54) is 18.6 Å². The Hall–Kier alpha value is -2.31. The topological polar surface area (TPSA) is 95.8 Å². The highest BCUT2D eigenvalue weighted by Crippen LogP contribution is 2.23. The molecule has 0 radical (unpaired) electrons. The lowest BCUT2D eigenvalue weighted by Crippen LogP contribution is -2.29. The number of carboxylic acids is 1. The van der Waals surface area contributed by atoms with Gasteiger partial charge in [0.2, 0.25) is 0 Å². The quantitative estimate of drug-likeness (QED) is 0.810. The molecule has 0 spiro atoms. The SMILES string of the molecule is CC1=NN(c2ccncn2)C(=O)C1CC(=O)O. The zero-order chi connectivity index (χ0) is 12.4. The summed E-state index contributed by atoms with van der Waals surface area (Å²) in [6.45, 7) is 1.63. The Balaban J connectivity index is 2.24. The predicted octanol–water partition coefficient (Wildman–Crippen LogP) is 0.290. The number of anilines is 1. The summed E-state index contributed by atoms with van der Waals surface area (Å²) in [5.41, 5.74) is 0.482. The summed E-state index contributed by atoms with van der Waals surface area (Å²) in [7, 11) is 0. The minimum Gasteiger partial charge on any atom is -0.481 e. The van der Waals surface area contributed by atoms with E-state index < -0.39 is 11.9 Å². The van der Waals surface area contributed by atoms with Crippen LogP contribution in [0.4, 0.5) is 5.82 Å². The van der Waals surface area contributed by atoms with Crippen LogP contribution in [0.25, 0.3) is 0 Å². The van der Waals surface area contributed by atoms with Crippen molar-refractivity contribution in [3.05, 3.63) is 18.6 Å². The van der Waals surface area contributed by atoms with Crippen LogP contribution >= 0.6 is 0 Å². The van der Waals surface area contributed by atoms with E-state index in [0.717, 1.165) is 5.01 Å². The highest BCUT2D eigenvalue weighted by atomic mass is 16.4. The van der Waals surface area contributed by atoms with E-state index in [-0.39, 0.29) is 12.3 Å². The number of aliphatic carboxylic acids is 1. The van der Waals surface area contributed by atoms with Crippen LogP contribution in [0.15, 0.2) is 23.7 Å². The number of carbonyl (C=O) groups is 2. The number of amides is 1. The fraction of sp³-hybridized carbons (Fsp3) is 0.300. The van der Waals surface area contributed by atoms with Gasteiger partial charge in [-0.3, -0.25) is 9.59 Å². The number of hydrazone groups is 1. The summed E-state index contributed by atoms with van der Waals surface area (Å²) in [5, 5.41) is 13.9. The Labute approximate surface area is 96.8 Å². The fourth-order valence-electron chi connectivity index (χ4n) is 1.59. The maximum absolute atomic E-state index is 11.9. The summed E-state index contributed by atoms with van der Waals surface area (Å²) < 4.78 is 0. The third-order valence-electron chi connectivity index (χ3n) is 2.43. The van der Waals surface area contributed by atoms with Gasteiger partial charge >= 0.3 is 5.97 Å². The number of carbonyl (C=O) groups excluding carboxylic acids is 1. The second-order valence-electron chi connectivity index (χ2n) is 3.61. The average molecular weight is 234 g/mol. The molecule has 1 unspecified atom stereocenters.